The number of aromatic nitrogens is 2. The highest BCUT2D eigenvalue weighted by Crippen LogP contribution is 2.37. The molecule has 0 bridgehead atoms. The Morgan fingerprint density at radius 3 is 3.13 bits per heavy atom. The topological polar surface area (TPSA) is 68.0 Å². The molecule has 1 N–H and O–H groups in total. The van der Waals surface area contributed by atoms with Gasteiger partial charge in [0.15, 0.2) is 5.82 Å². The summed E-state index contributed by atoms with van der Waals surface area (Å²) in [6, 6.07) is 0. The first-order valence-electron chi connectivity index (χ1n) is 5.02. The minimum atomic E-state index is -0.183. The van der Waals surface area contributed by atoms with Crippen molar-refractivity contribution in [2.45, 2.75) is 25.2 Å². The maximum absolute atomic E-state index is 10.8. The lowest BCUT2D eigenvalue weighted by molar-refractivity contribution is -0.116. The van der Waals surface area contributed by atoms with Crippen LogP contribution in [0.4, 0.5) is 0 Å². The van der Waals surface area contributed by atoms with Gasteiger partial charge in [-0.1, -0.05) is 11.7 Å². The van der Waals surface area contributed by atoms with Crippen LogP contribution in [0.25, 0.3) is 0 Å². The summed E-state index contributed by atoms with van der Waals surface area (Å²) in [4.78, 5) is 15.1. The molecular formula is C10H13N3O2. The molecule has 80 valence electrons. The first-order chi connectivity index (χ1) is 7.29. The second-order valence-electron chi connectivity index (χ2n) is 3.57. The Hall–Kier alpha value is -1.65. The van der Waals surface area contributed by atoms with Crippen molar-refractivity contribution in [2.75, 3.05) is 6.54 Å². The first-order valence-corrected chi connectivity index (χ1v) is 5.02. The van der Waals surface area contributed by atoms with Crippen LogP contribution >= 0.6 is 0 Å². The fraction of sp³-hybridized carbons (Fsp3) is 0.500. The molecule has 1 amide bonds. The van der Waals surface area contributed by atoms with Gasteiger partial charge in [-0.3, -0.25) is 4.79 Å². The van der Waals surface area contributed by atoms with Gasteiger partial charge in [-0.2, -0.15) is 4.98 Å². The van der Waals surface area contributed by atoms with E-state index in [1.807, 2.05) is 0 Å². The Bertz CT molecular complexity index is 368. The van der Waals surface area contributed by atoms with Crippen LogP contribution in [0, 0.1) is 0 Å². The molecule has 5 heteroatoms. The molecule has 0 saturated heterocycles. The summed E-state index contributed by atoms with van der Waals surface area (Å²) in [6.45, 7) is 3.86. The Morgan fingerprint density at radius 1 is 1.67 bits per heavy atom. The van der Waals surface area contributed by atoms with E-state index in [1.54, 1.807) is 0 Å². The zero-order valence-electron chi connectivity index (χ0n) is 8.40. The SMILES string of the molecule is C=CC(=O)NCCc1nc(C2CC2)no1. The number of rotatable bonds is 5. The first kappa shape index (κ1) is 9.89. The van der Waals surface area contributed by atoms with Gasteiger partial charge in [0.25, 0.3) is 0 Å². The molecule has 1 aromatic rings. The van der Waals surface area contributed by atoms with E-state index < -0.39 is 0 Å². The predicted molar refractivity (Wildman–Crippen MR) is 53.2 cm³/mol. The lowest BCUT2D eigenvalue weighted by Crippen LogP contribution is -2.23. The van der Waals surface area contributed by atoms with Crippen molar-refractivity contribution in [3.05, 3.63) is 24.4 Å². The van der Waals surface area contributed by atoms with Crippen molar-refractivity contribution >= 4 is 5.91 Å². The molecule has 1 fully saturated rings. The van der Waals surface area contributed by atoms with Crippen LogP contribution in [0.15, 0.2) is 17.2 Å². The summed E-state index contributed by atoms with van der Waals surface area (Å²) >= 11 is 0. The molecule has 1 aliphatic rings. The standard InChI is InChI=1S/C10H13N3O2/c1-2-8(14)11-6-5-9-12-10(13-15-9)7-3-4-7/h2,7H,1,3-6H2,(H,11,14). The third-order valence-corrected chi connectivity index (χ3v) is 2.25. The van der Waals surface area contributed by atoms with Crippen molar-refractivity contribution in [1.82, 2.24) is 15.5 Å². The van der Waals surface area contributed by atoms with E-state index in [4.69, 9.17) is 4.52 Å². The van der Waals surface area contributed by atoms with E-state index in [-0.39, 0.29) is 5.91 Å². The fourth-order valence-electron chi connectivity index (χ4n) is 1.24. The van der Waals surface area contributed by atoms with Crippen molar-refractivity contribution in [3.63, 3.8) is 0 Å². The Morgan fingerprint density at radius 2 is 2.47 bits per heavy atom. The molecule has 5 nitrogen and oxygen atoms in total. The van der Waals surface area contributed by atoms with Crippen molar-refractivity contribution in [1.29, 1.82) is 0 Å². The molecular weight excluding hydrogens is 194 g/mol. The van der Waals surface area contributed by atoms with Crippen LogP contribution in [0.2, 0.25) is 0 Å². The normalized spacial score (nSPS) is 14.9. The van der Waals surface area contributed by atoms with Gasteiger partial charge in [0.05, 0.1) is 0 Å². The quantitative estimate of drug-likeness (QED) is 0.725. The van der Waals surface area contributed by atoms with Gasteiger partial charge in [0, 0.05) is 18.9 Å². The summed E-state index contributed by atoms with van der Waals surface area (Å²) in [5.41, 5.74) is 0. The number of nitrogens with zero attached hydrogens (tertiary/aromatic N) is 2. The lowest BCUT2D eigenvalue weighted by atomic mass is 10.4. The monoisotopic (exact) mass is 207 g/mol. The van der Waals surface area contributed by atoms with E-state index in [0.717, 1.165) is 18.7 Å². The molecule has 15 heavy (non-hydrogen) atoms. The fourth-order valence-corrected chi connectivity index (χ4v) is 1.24. The largest absolute Gasteiger partial charge is 0.352 e. The average Bonchev–Trinajstić information content (AvgIpc) is 2.99. The second kappa shape index (κ2) is 4.25. The highest BCUT2D eigenvalue weighted by Gasteiger charge is 2.28. The number of carbonyl (C=O) groups excluding carboxylic acids is 1. The molecule has 0 atom stereocenters. The summed E-state index contributed by atoms with van der Waals surface area (Å²) in [6.07, 6.45) is 4.13. The molecule has 1 heterocycles. The second-order valence-corrected chi connectivity index (χ2v) is 3.57. The van der Waals surface area contributed by atoms with Gasteiger partial charge in [0.1, 0.15) is 0 Å². The third-order valence-electron chi connectivity index (χ3n) is 2.25. The van der Waals surface area contributed by atoms with Gasteiger partial charge < -0.3 is 9.84 Å². The van der Waals surface area contributed by atoms with Crippen LogP contribution in [0.1, 0.15) is 30.5 Å². The highest BCUT2D eigenvalue weighted by molar-refractivity contribution is 5.86. The minimum absolute atomic E-state index is 0.183. The number of hydrogen-bond donors (Lipinski definition) is 1. The van der Waals surface area contributed by atoms with Crippen LogP contribution in [-0.4, -0.2) is 22.6 Å². The molecule has 1 saturated carbocycles. The minimum Gasteiger partial charge on any atom is -0.352 e. The van der Waals surface area contributed by atoms with Crippen molar-refractivity contribution in [2.24, 2.45) is 0 Å². The number of nitrogens with one attached hydrogen (secondary N) is 1. The zero-order valence-corrected chi connectivity index (χ0v) is 8.40. The molecule has 2 rings (SSSR count). The van der Waals surface area contributed by atoms with Gasteiger partial charge >= 0.3 is 0 Å². The van der Waals surface area contributed by atoms with E-state index in [2.05, 4.69) is 22.0 Å². The predicted octanol–water partition coefficient (Wildman–Crippen LogP) is 0.792. The van der Waals surface area contributed by atoms with Gasteiger partial charge in [-0.15, -0.1) is 0 Å². The molecule has 1 aliphatic carbocycles. The maximum Gasteiger partial charge on any atom is 0.243 e. The smallest absolute Gasteiger partial charge is 0.243 e. The maximum atomic E-state index is 10.8. The number of hydrogen-bond acceptors (Lipinski definition) is 4. The zero-order chi connectivity index (χ0) is 10.7. The van der Waals surface area contributed by atoms with Crippen molar-refractivity contribution < 1.29 is 9.32 Å². The lowest BCUT2D eigenvalue weighted by Gasteiger charge is -1.96. The molecule has 0 aliphatic heterocycles. The van der Waals surface area contributed by atoms with E-state index in [0.29, 0.717) is 24.8 Å². The van der Waals surface area contributed by atoms with E-state index >= 15 is 0 Å². The molecule has 0 aromatic carbocycles. The van der Waals surface area contributed by atoms with E-state index in [1.165, 1.54) is 6.08 Å². The Labute approximate surface area is 87.6 Å². The van der Waals surface area contributed by atoms with Gasteiger partial charge in [-0.05, 0) is 18.9 Å². The molecule has 1 aromatic heterocycles. The van der Waals surface area contributed by atoms with Gasteiger partial charge in [-0.25, -0.2) is 0 Å². The van der Waals surface area contributed by atoms with Crippen LogP contribution in [0.3, 0.4) is 0 Å². The third kappa shape index (κ3) is 2.65. The highest BCUT2D eigenvalue weighted by atomic mass is 16.5. The van der Waals surface area contributed by atoms with Gasteiger partial charge in [0.2, 0.25) is 11.8 Å². The van der Waals surface area contributed by atoms with Crippen LogP contribution < -0.4 is 5.32 Å². The Kier molecular flexibility index (Phi) is 2.80. The van der Waals surface area contributed by atoms with Crippen molar-refractivity contribution in [3.8, 4) is 0 Å². The number of carbonyl (C=O) groups is 1. The summed E-state index contributed by atoms with van der Waals surface area (Å²) in [5.74, 6) is 1.71. The number of amides is 1. The molecule has 0 unspecified atom stereocenters. The van der Waals surface area contributed by atoms with Crippen LogP contribution in [0.5, 0.6) is 0 Å². The average molecular weight is 207 g/mol. The molecule has 0 spiro atoms. The summed E-state index contributed by atoms with van der Waals surface area (Å²) in [7, 11) is 0. The van der Waals surface area contributed by atoms with E-state index in [9.17, 15) is 4.79 Å². The Balaban J connectivity index is 1.77. The van der Waals surface area contributed by atoms with Crippen LogP contribution in [-0.2, 0) is 11.2 Å². The molecule has 0 radical (unpaired) electrons. The summed E-state index contributed by atoms with van der Waals surface area (Å²) < 4.78 is 5.04. The summed E-state index contributed by atoms with van der Waals surface area (Å²) in [5, 5.41) is 6.53.